The number of sulfonamides is 1. The van der Waals surface area contributed by atoms with Gasteiger partial charge in [-0.2, -0.15) is 26.3 Å². The van der Waals surface area contributed by atoms with Crippen molar-refractivity contribution in [3.8, 4) is 0 Å². The molecule has 0 atom stereocenters. The number of aliphatic imine (C=N–C) groups is 1. The minimum Gasteiger partial charge on any atom is -0.370 e. The summed E-state index contributed by atoms with van der Waals surface area (Å²) in [6.07, 6.45) is -7.05. The predicted octanol–water partition coefficient (Wildman–Crippen LogP) is 1.39. The lowest BCUT2D eigenvalue weighted by Crippen LogP contribution is -2.44. The van der Waals surface area contributed by atoms with Crippen molar-refractivity contribution in [1.82, 2.24) is 14.9 Å². The topological polar surface area (TPSA) is 152 Å². The van der Waals surface area contributed by atoms with Gasteiger partial charge in [-0.25, -0.2) is 23.4 Å². The molecule has 1 aromatic heterocycles. The van der Waals surface area contributed by atoms with Gasteiger partial charge in [-0.05, 0) is 12.5 Å². The van der Waals surface area contributed by atoms with Gasteiger partial charge in [-0.3, -0.25) is 0 Å². The van der Waals surface area contributed by atoms with Gasteiger partial charge in [-0.1, -0.05) is 11.8 Å². The van der Waals surface area contributed by atoms with Gasteiger partial charge >= 0.3 is 12.4 Å². The quantitative estimate of drug-likeness (QED) is 0.112. The molecule has 0 saturated heterocycles. The first-order valence-electron chi connectivity index (χ1n) is 8.51. The molecule has 0 unspecified atom stereocenters. The van der Waals surface area contributed by atoms with E-state index in [0.717, 1.165) is 11.8 Å². The van der Waals surface area contributed by atoms with Crippen molar-refractivity contribution < 1.29 is 34.8 Å². The standard InChI is InChI=1S/C14H20F6N8O2S2/c1-32(29,30)27-11(22)28(8-14(18,19)20)5-2-6-31-12-23-4-3-9(26-12)25-10(21)24-7-13(15,16)17/h3-4H,2,5-8H2,1H3,(H2,22,27)(H3,21,23,24,25,26). The van der Waals surface area contributed by atoms with Crippen molar-refractivity contribution in [2.75, 3.05) is 37.0 Å². The van der Waals surface area contributed by atoms with Crippen molar-refractivity contribution in [1.29, 1.82) is 0 Å². The monoisotopic (exact) mass is 510 g/mol. The van der Waals surface area contributed by atoms with Crippen LogP contribution in [0.1, 0.15) is 6.42 Å². The van der Waals surface area contributed by atoms with Crippen LogP contribution in [0, 0.1) is 0 Å². The van der Waals surface area contributed by atoms with E-state index in [9.17, 15) is 34.8 Å². The summed E-state index contributed by atoms with van der Waals surface area (Å²) < 4.78 is 100.0. The van der Waals surface area contributed by atoms with Gasteiger partial charge in [0.15, 0.2) is 11.1 Å². The Balaban J connectivity index is 2.68. The summed E-state index contributed by atoms with van der Waals surface area (Å²) in [6.45, 7) is -3.22. The molecule has 0 aromatic carbocycles. The van der Waals surface area contributed by atoms with E-state index in [2.05, 4.69) is 24.7 Å². The summed E-state index contributed by atoms with van der Waals surface area (Å²) in [5.41, 5.74) is 10.7. The molecular weight excluding hydrogens is 490 g/mol. The molecule has 10 nitrogen and oxygen atoms in total. The van der Waals surface area contributed by atoms with Crippen LogP contribution in [0.2, 0.25) is 0 Å². The Morgan fingerprint density at radius 2 is 1.88 bits per heavy atom. The van der Waals surface area contributed by atoms with Crippen molar-refractivity contribution in [3.63, 3.8) is 0 Å². The number of rotatable bonds is 9. The van der Waals surface area contributed by atoms with Crippen molar-refractivity contribution in [3.05, 3.63) is 12.3 Å². The summed E-state index contributed by atoms with van der Waals surface area (Å²) in [5.74, 6) is -1.03. The number of hydrogen-bond acceptors (Lipinski definition) is 6. The molecular formula is C14H20F6N8O2S2. The lowest BCUT2D eigenvalue weighted by Gasteiger charge is -2.24. The number of halogens is 6. The number of hydrogen-bond donors (Lipinski definition) is 3. The number of nitrogens with two attached hydrogens (primary N) is 2. The summed E-state index contributed by atoms with van der Waals surface area (Å²) in [5, 5.41) is 2.53. The molecule has 0 aliphatic carbocycles. The highest BCUT2D eigenvalue weighted by Gasteiger charge is 2.32. The molecule has 0 radical (unpaired) electrons. The summed E-state index contributed by atoms with van der Waals surface area (Å²) >= 11 is 1.03. The van der Waals surface area contributed by atoms with Crippen molar-refractivity contribution in [2.24, 2.45) is 20.9 Å². The third-order valence-electron chi connectivity index (χ3n) is 3.08. The second-order valence-corrected chi connectivity index (χ2v) is 8.80. The first-order chi connectivity index (χ1) is 14.5. The van der Waals surface area contributed by atoms with Crippen LogP contribution < -0.4 is 16.8 Å². The zero-order chi connectivity index (χ0) is 24.6. The van der Waals surface area contributed by atoms with Crippen LogP contribution in [0.15, 0.2) is 26.8 Å². The molecule has 0 aliphatic heterocycles. The van der Waals surface area contributed by atoms with E-state index in [1.54, 1.807) is 0 Å². The molecule has 0 saturated carbocycles. The first kappa shape index (κ1) is 27.5. The second-order valence-electron chi connectivity index (χ2n) is 6.09. The molecule has 5 N–H and O–H groups in total. The molecule has 0 spiro atoms. The molecule has 0 aliphatic rings. The van der Waals surface area contributed by atoms with Crippen LogP contribution in [-0.2, 0) is 10.0 Å². The number of nitrogens with one attached hydrogen (secondary N) is 1. The molecule has 0 bridgehead atoms. The number of thioether (sulfide) groups is 1. The maximum atomic E-state index is 12.7. The third-order valence-corrected chi connectivity index (χ3v) is 4.54. The van der Waals surface area contributed by atoms with E-state index in [-0.39, 0.29) is 29.7 Å². The van der Waals surface area contributed by atoms with E-state index >= 15 is 0 Å². The average Bonchev–Trinajstić information content (AvgIpc) is 2.60. The Morgan fingerprint density at radius 1 is 1.22 bits per heavy atom. The van der Waals surface area contributed by atoms with E-state index in [1.165, 1.54) is 12.3 Å². The maximum Gasteiger partial charge on any atom is 0.408 e. The second kappa shape index (κ2) is 11.4. The fourth-order valence-corrected chi connectivity index (χ4v) is 3.17. The van der Waals surface area contributed by atoms with Gasteiger partial charge in [0.25, 0.3) is 10.0 Å². The maximum absolute atomic E-state index is 12.7. The van der Waals surface area contributed by atoms with E-state index < -0.39 is 47.4 Å². The van der Waals surface area contributed by atoms with Crippen LogP contribution in [-0.4, -0.2) is 79.2 Å². The molecule has 1 rings (SSSR count). The van der Waals surface area contributed by atoms with Crippen molar-refractivity contribution in [2.45, 2.75) is 23.9 Å². The van der Waals surface area contributed by atoms with Gasteiger partial charge < -0.3 is 21.7 Å². The minimum absolute atomic E-state index is 0.0640. The van der Waals surface area contributed by atoms with Gasteiger partial charge in [-0.15, -0.1) is 4.40 Å². The number of guanidine groups is 2. The Hall–Kier alpha value is -2.50. The minimum atomic E-state index is -4.64. The Morgan fingerprint density at radius 3 is 2.44 bits per heavy atom. The molecule has 0 amide bonds. The zero-order valence-corrected chi connectivity index (χ0v) is 18.1. The van der Waals surface area contributed by atoms with Crippen LogP contribution in [0.25, 0.3) is 0 Å². The summed E-state index contributed by atoms with van der Waals surface area (Å²) in [4.78, 5) is 11.6. The molecule has 0 fully saturated rings. The van der Waals surface area contributed by atoms with Crippen LogP contribution in [0.3, 0.4) is 0 Å². The van der Waals surface area contributed by atoms with Gasteiger partial charge in [0.1, 0.15) is 18.9 Å². The normalized spacial score (nSPS) is 13.8. The van der Waals surface area contributed by atoms with E-state index in [0.29, 0.717) is 11.2 Å². The SMILES string of the molecule is CS(=O)(=O)N=C(N)N(CCCSc1nccc(NC(N)=NCC(F)(F)F)n1)CC(F)(F)F. The summed E-state index contributed by atoms with van der Waals surface area (Å²) in [7, 11) is -3.99. The lowest BCUT2D eigenvalue weighted by molar-refractivity contribution is -0.138. The third kappa shape index (κ3) is 13.0. The van der Waals surface area contributed by atoms with Crippen molar-refractivity contribution >= 4 is 39.5 Å². The Bertz CT molecular complexity index is 921. The largest absolute Gasteiger partial charge is 0.408 e. The number of anilines is 1. The van der Waals surface area contributed by atoms with Crippen LogP contribution in [0.5, 0.6) is 0 Å². The lowest BCUT2D eigenvalue weighted by atomic mass is 10.4. The molecule has 32 heavy (non-hydrogen) atoms. The number of nitrogens with zero attached hydrogens (tertiary/aromatic N) is 5. The van der Waals surface area contributed by atoms with Gasteiger partial charge in [0.2, 0.25) is 5.96 Å². The fraction of sp³-hybridized carbons (Fsp3) is 0.571. The summed E-state index contributed by atoms with van der Waals surface area (Å²) in [6, 6.07) is 1.33. The van der Waals surface area contributed by atoms with E-state index in [1.807, 2.05) is 0 Å². The molecule has 18 heteroatoms. The van der Waals surface area contributed by atoms with E-state index in [4.69, 9.17) is 11.5 Å². The molecule has 1 aromatic rings. The first-order valence-corrected chi connectivity index (χ1v) is 11.3. The highest BCUT2D eigenvalue weighted by molar-refractivity contribution is 7.99. The predicted molar refractivity (Wildman–Crippen MR) is 108 cm³/mol. The average molecular weight is 510 g/mol. The van der Waals surface area contributed by atoms with Gasteiger partial charge in [0, 0.05) is 18.5 Å². The number of alkyl halides is 6. The molecule has 182 valence electrons. The zero-order valence-electron chi connectivity index (χ0n) is 16.5. The molecule has 1 heterocycles. The fourth-order valence-electron chi connectivity index (χ4n) is 1.96. The van der Waals surface area contributed by atoms with Crippen LogP contribution >= 0.6 is 11.8 Å². The Kier molecular flexibility index (Phi) is 9.80. The Labute approximate surface area is 183 Å². The number of aromatic nitrogens is 2. The highest BCUT2D eigenvalue weighted by atomic mass is 32.2. The highest BCUT2D eigenvalue weighted by Crippen LogP contribution is 2.19. The smallest absolute Gasteiger partial charge is 0.370 e. The van der Waals surface area contributed by atoms with Crippen LogP contribution in [0.4, 0.5) is 32.2 Å². The van der Waals surface area contributed by atoms with Gasteiger partial charge in [0.05, 0.1) is 6.26 Å².